The Morgan fingerprint density at radius 1 is 1.21 bits per heavy atom. The predicted octanol–water partition coefficient (Wildman–Crippen LogP) is 1.49. The molecule has 1 aromatic rings. The number of likely N-dealkylation sites (N-methyl/N-ethyl adjacent to an activating group) is 1. The van der Waals surface area contributed by atoms with Crippen LogP contribution in [-0.4, -0.2) is 78.7 Å². The average Bonchev–Trinajstić information content (AvgIpc) is 2.67. The summed E-state index contributed by atoms with van der Waals surface area (Å²) in [5.74, 6) is 0.415. The molecule has 1 aromatic carbocycles. The van der Waals surface area contributed by atoms with Gasteiger partial charge in [0, 0.05) is 37.6 Å². The van der Waals surface area contributed by atoms with Gasteiger partial charge in [-0.05, 0) is 42.7 Å². The second-order valence-corrected chi connectivity index (χ2v) is 7.57. The molecule has 3 heterocycles. The summed E-state index contributed by atoms with van der Waals surface area (Å²) in [6.45, 7) is 5.69. The first-order valence-electron chi connectivity index (χ1n) is 9.52. The average molecular weight is 401 g/mol. The molecule has 0 aliphatic carbocycles. The molecule has 4 rings (SSSR count). The summed E-state index contributed by atoms with van der Waals surface area (Å²) in [4.78, 5) is 26.3. The fourth-order valence-corrected chi connectivity index (χ4v) is 3.76. The summed E-state index contributed by atoms with van der Waals surface area (Å²) in [6, 6.07) is 5.71. The molecular weight excluding hydrogens is 378 g/mol. The van der Waals surface area contributed by atoms with Gasteiger partial charge in [0.25, 0.3) is 0 Å². The minimum Gasteiger partial charge on any atom is -0.456 e. The van der Waals surface area contributed by atoms with Crippen LogP contribution in [0.5, 0.6) is 0 Å². The number of aliphatic imine (C=N–C) groups is 2. The zero-order valence-corrected chi connectivity index (χ0v) is 16.9. The minimum absolute atomic E-state index is 0.102. The Bertz CT molecular complexity index is 938. The molecular formula is C20H23ClN5O2+. The first kappa shape index (κ1) is 18.9. The van der Waals surface area contributed by atoms with Crippen molar-refractivity contribution in [3.05, 3.63) is 28.8 Å². The predicted molar refractivity (Wildman–Crippen MR) is 112 cm³/mol. The number of hydrogen-bond acceptors (Lipinski definition) is 6. The Hall–Kier alpha value is -2.47. The SMILES string of the molecule is CCOC(=O)C1=[N+]=C2CC(=N1)C(N1CCN(C)CC1)=Nc1ccc(Cl)cc1C2. The van der Waals surface area contributed by atoms with E-state index in [0.717, 1.165) is 54.7 Å². The van der Waals surface area contributed by atoms with Gasteiger partial charge in [0.05, 0.1) is 18.7 Å². The van der Waals surface area contributed by atoms with Crippen molar-refractivity contribution in [3.8, 4) is 0 Å². The van der Waals surface area contributed by atoms with Crippen LogP contribution in [0.25, 0.3) is 0 Å². The van der Waals surface area contributed by atoms with Gasteiger partial charge in [-0.3, -0.25) is 0 Å². The van der Waals surface area contributed by atoms with Gasteiger partial charge in [-0.15, -0.1) is 0 Å². The largest absolute Gasteiger partial charge is 0.501 e. The van der Waals surface area contributed by atoms with Crippen LogP contribution in [0.2, 0.25) is 5.02 Å². The standard InChI is InChI=1S/C20H23ClN5O2/c1-3-28-20(27)18-22-15-11-13-10-14(21)4-5-16(13)24-19(17(12-15)23-18)26-8-6-25(2)7-9-26/h4-5,10H,3,6-9,11-12H2,1-2H3/q+1. The van der Waals surface area contributed by atoms with Crippen molar-refractivity contribution in [2.45, 2.75) is 19.8 Å². The molecule has 0 spiro atoms. The number of carbonyl (C=O) groups is 1. The van der Waals surface area contributed by atoms with Gasteiger partial charge in [-0.25, -0.2) is 14.5 Å². The molecule has 3 aliphatic rings. The molecule has 0 amide bonds. The molecule has 0 N–H and O–H groups in total. The molecule has 1 fully saturated rings. The normalized spacial score (nSPS) is 19.5. The number of nitrogens with zero attached hydrogens (tertiary/aromatic N) is 5. The number of hydrogen-bond donors (Lipinski definition) is 0. The topological polar surface area (TPSA) is 71.6 Å². The Morgan fingerprint density at radius 2 is 2.00 bits per heavy atom. The third kappa shape index (κ3) is 3.87. The Kier molecular flexibility index (Phi) is 5.31. The van der Waals surface area contributed by atoms with Gasteiger partial charge in [-0.2, -0.15) is 0 Å². The monoisotopic (exact) mass is 400 g/mol. The summed E-state index contributed by atoms with van der Waals surface area (Å²) >= 11 is 6.22. The van der Waals surface area contributed by atoms with E-state index in [1.165, 1.54) is 0 Å². The van der Waals surface area contributed by atoms with E-state index >= 15 is 0 Å². The van der Waals surface area contributed by atoms with Crippen LogP contribution in [0.4, 0.5) is 5.69 Å². The third-order valence-electron chi connectivity index (χ3n) is 5.06. The lowest BCUT2D eigenvalue weighted by Crippen LogP contribution is -2.50. The molecule has 7 nitrogen and oxygen atoms in total. The number of halogens is 1. The van der Waals surface area contributed by atoms with E-state index in [4.69, 9.17) is 21.3 Å². The van der Waals surface area contributed by atoms with Gasteiger partial charge < -0.3 is 14.5 Å². The van der Waals surface area contributed by atoms with Crippen LogP contribution in [0.15, 0.2) is 28.2 Å². The third-order valence-corrected chi connectivity index (χ3v) is 5.29. The molecule has 0 atom stereocenters. The lowest BCUT2D eigenvalue weighted by atomic mass is 9.99. The molecule has 3 aliphatic heterocycles. The summed E-state index contributed by atoms with van der Waals surface area (Å²) in [6.07, 6.45) is 1.15. The second-order valence-electron chi connectivity index (χ2n) is 7.13. The van der Waals surface area contributed by atoms with Gasteiger partial charge in [-0.1, -0.05) is 11.6 Å². The number of piperazine rings is 1. The highest BCUT2D eigenvalue weighted by Gasteiger charge is 2.36. The molecule has 0 aromatic heterocycles. The summed E-state index contributed by atoms with van der Waals surface area (Å²) in [5, 5.41) is 0.663. The lowest BCUT2D eigenvalue weighted by molar-refractivity contribution is -0.135. The van der Waals surface area contributed by atoms with E-state index in [2.05, 4.69) is 26.5 Å². The Morgan fingerprint density at radius 3 is 2.75 bits per heavy atom. The van der Waals surface area contributed by atoms with Crippen molar-refractivity contribution in [1.82, 2.24) is 14.5 Å². The molecule has 0 radical (unpaired) electrons. The number of ether oxygens (including phenoxy) is 1. The zero-order chi connectivity index (χ0) is 19.7. The van der Waals surface area contributed by atoms with Crippen molar-refractivity contribution in [1.29, 1.82) is 0 Å². The van der Waals surface area contributed by atoms with Crippen LogP contribution in [0, 0.1) is 0 Å². The second kappa shape index (κ2) is 7.87. The summed E-state index contributed by atoms with van der Waals surface area (Å²) < 4.78 is 9.62. The number of esters is 1. The first-order chi connectivity index (χ1) is 13.5. The van der Waals surface area contributed by atoms with E-state index in [1.54, 1.807) is 6.92 Å². The van der Waals surface area contributed by atoms with Crippen LogP contribution in [0.1, 0.15) is 18.9 Å². The highest BCUT2D eigenvalue weighted by molar-refractivity contribution is 6.51. The number of benzene rings is 1. The van der Waals surface area contributed by atoms with Gasteiger partial charge in [0.15, 0.2) is 11.5 Å². The van der Waals surface area contributed by atoms with Crippen molar-refractivity contribution in [2.75, 3.05) is 39.8 Å². The van der Waals surface area contributed by atoms with E-state index < -0.39 is 5.97 Å². The van der Waals surface area contributed by atoms with Crippen molar-refractivity contribution in [2.24, 2.45) is 9.98 Å². The van der Waals surface area contributed by atoms with Crippen molar-refractivity contribution < 1.29 is 9.53 Å². The van der Waals surface area contributed by atoms with E-state index in [0.29, 0.717) is 17.9 Å². The number of fused-ring (bicyclic) bond motifs is 3. The maximum atomic E-state index is 12.3. The van der Waals surface area contributed by atoms with Gasteiger partial charge in [0.2, 0.25) is 5.71 Å². The smallest absolute Gasteiger partial charge is 0.456 e. The van der Waals surface area contributed by atoms with Crippen LogP contribution in [0.3, 0.4) is 0 Å². The molecule has 2 bridgehead atoms. The maximum absolute atomic E-state index is 12.3. The van der Waals surface area contributed by atoms with E-state index in [1.807, 2.05) is 18.2 Å². The van der Waals surface area contributed by atoms with Crippen molar-refractivity contribution >= 4 is 46.4 Å². The highest BCUT2D eigenvalue weighted by atomic mass is 35.5. The number of rotatable bonds is 2. The molecule has 28 heavy (non-hydrogen) atoms. The quantitative estimate of drug-likeness (QED) is 0.557. The zero-order valence-electron chi connectivity index (χ0n) is 16.1. The first-order valence-corrected chi connectivity index (χ1v) is 9.90. The summed E-state index contributed by atoms with van der Waals surface area (Å²) in [7, 11) is 2.12. The van der Waals surface area contributed by atoms with Crippen molar-refractivity contribution in [3.63, 3.8) is 0 Å². The minimum atomic E-state index is -0.498. The maximum Gasteiger partial charge on any atom is 0.501 e. The number of amidine groups is 2. The Balaban J connectivity index is 1.82. The van der Waals surface area contributed by atoms with Crippen LogP contribution in [-0.2, 0) is 16.0 Å². The number of carbonyl (C=O) groups excluding carboxylic acids is 1. The summed E-state index contributed by atoms with van der Waals surface area (Å²) in [5.41, 5.74) is 3.52. The van der Waals surface area contributed by atoms with Crippen LogP contribution >= 0.6 is 11.6 Å². The van der Waals surface area contributed by atoms with E-state index in [9.17, 15) is 4.79 Å². The fourth-order valence-electron chi connectivity index (χ4n) is 3.57. The van der Waals surface area contributed by atoms with Gasteiger partial charge >= 0.3 is 11.8 Å². The highest BCUT2D eigenvalue weighted by Crippen LogP contribution is 2.27. The molecule has 8 heteroatoms. The fraction of sp³-hybridized carbons (Fsp3) is 0.450. The lowest BCUT2D eigenvalue weighted by Gasteiger charge is -2.34. The van der Waals surface area contributed by atoms with E-state index in [-0.39, 0.29) is 12.4 Å². The molecule has 146 valence electrons. The van der Waals surface area contributed by atoms with Gasteiger partial charge in [0.1, 0.15) is 0 Å². The molecule has 0 saturated carbocycles. The molecule has 0 unspecified atom stereocenters. The molecule has 1 saturated heterocycles. The Labute approximate surface area is 169 Å². The van der Waals surface area contributed by atoms with Crippen LogP contribution < -0.4 is 4.67 Å².